The van der Waals surface area contributed by atoms with Gasteiger partial charge in [-0.1, -0.05) is 40.9 Å². The summed E-state index contributed by atoms with van der Waals surface area (Å²) >= 11 is 17.8. The van der Waals surface area contributed by atoms with Crippen LogP contribution in [0.5, 0.6) is 5.75 Å². The first-order chi connectivity index (χ1) is 9.77. The van der Waals surface area contributed by atoms with Gasteiger partial charge >= 0.3 is 7.52 Å². The summed E-state index contributed by atoms with van der Waals surface area (Å²) in [5, 5.41) is 4.21. The molecule has 2 aromatic rings. The summed E-state index contributed by atoms with van der Waals surface area (Å²) in [7, 11) is -3.16. The molecule has 112 valence electrons. The minimum Gasteiger partial charge on any atom is -0.427 e. The number of rotatable bonds is 4. The zero-order valence-electron chi connectivity index (χ0n) is 11.4. The van der Waals surface area contributed by atoms with Crippen LogP contribution in [0.1, 0.15) is 5.56 Å². The molecule has 1 atom stereocenters. The van der Waals surface area contributed by atoms with Crippen molar-refractivity contribution in [2.24, 2.45) is 0 Å². The van der Waals surface area contributed by atoms with Crippen molar-refractivity contribution in [3.05, 3.63) is 57.0 Å². The summed E-state index contributed by atoms with van der Waals surface area (Å²) in [6, 6.07) is 10.0. The molecule has 0 spiro atoms. The topological polar surface area (TPSA) is 38.3 Å². The SMILES string of the molecule is Cc1ccc(Cl)cc1N[P@](C)(=O)Oc1ccc(Cl)cc1Cl. The Morgan fingerprint density at radius 3 is 2.33 bits per heavy atom. The number of hydrogen-bond donors (Lipinski definition) is 1. The van der Waals surface area contributed by atoms with E-state index in [9.17, 15) is 4.57 Å². The second kappa shape index (κ2) is 6.50. The first-order valence-electron chi connectivity index (χ1n) is 6.03. The monoisotopic (exact) mass is 363 g/mol. The Labute approximate surface area is 138 Å². The molecule has 0 aliphatic heterocycles. The third kappa shape index (κ3) is 4.55. The summed E-state index contributed by atoms with van der Waals surface area (Å²) in [6.45, 7) is 3.35. The van der Waals surface area contributed by atoms with Crippen LogP contribution in [-0.4, -0.2) is 6.66 Å². The fourth-order valence-electron chi connectivity index (χ4n) is 1.69. The van der Waals surface area contributed by atoms with Gasteiger partial charge in [-0.25, -0.2) is 0 Å². The van der Waals surface area contributed by atoms with Crippen molar-refractivity contribution < 1.29 is 9.09 Å². The lowest BCUT2D eigenvalue weighted by atomic mass is 10.2. The van der Waals surface area contributed by atoms with Crippen LogP contribution in [-0.2, 0) is 4.57 Å². The number of halogens is 3. The van der Waals surface area contributed by atoms with Gasteiger partial charge < -0.3 is 9.61 Å². The van der Waals surface area contributed by atoms with Crippen LogP contribution in [0.15, 0.2) is 36.4 Å². The fourth-order valence-corrected chi connectivity index (χ4v) is 3.62. The molecule has 1 N–H and O–H groups in total. The molecule has 0 saturated heterocycles. The Morgan fingerprint density at radius 2 is 1.67 bits per heavy atom. The van der Waals surface area contributed by atoms with Crippen molar-refractivity contribution >= 4 is 48.0 Å². The molecule has 0 radical (unpaired) electrons. The highest BCUT2D eigenvalue weighted by Gasteiger charge is 2.20. The molecule has 0 saturated carbocycles. The van der Waals surface area contributed by atoms with Gasteiger partial charge in [0, 0.05) is 22.4 Å². The Kier molecular flexibility index (Phi) is 5.11. The van der Waals surface area contributed by atoms with E-state index in [-0.39, 0.29) is 0 Å². The normalized spacial score (nSPS) is 13.6. The smallest absolute Gasteiger partial charge is 0.338 e. The van der Waals surface area contributed by atoms with Crippen LogP contribution in [0, 0.1) is 6.92 Å². The number of aryl methyl sites for hydroxylation is 1. The van der Waals surface area contributed by atoms with Gasteiger partial charge in [0.15, 0.2) is 0 Å². The second-order valence-electron chi connectivity index (χ2n) is 4.58. The van der Waals surface area contributed by atoms with E-state index in [1.54, 1.807) is 24.3 Å². The molecular formula is C14H13Cl3NO2P. The molecule has 0 fully saturated rings. The van der Waals surface area contributed by atoms with Crippen LogP contribution in [0.4, 0.5) is 5.69 Å². The second-order valence-corrected chi connectivity index (χ2v) is 7.96. The Balaban J connectivity index is 2.22. The average Bonchev–Trinajstić information content (AvgIpc) is 2.37. The molecule has 0 aromatic heterocycles. The van der Waals surface area contributed by atoms with Gasteiger partial charge in [0.1, 0.15) is 5.75 Å². The molecule has 2 rings (SSSR count). The Bertz CT molecular complexity index is 721. The summed E-state index contributed by atoms with van der Waals surface area (Å²) in [6.07, 6.45) is 0. The van der Waals surface area contributed by atoms with E-state index in [0.29, 0.717) is 26.5 Å². The third-order valence-electron chi connectivity index (χ3n) is 2.69. The van der Waals surface area contributed by atoms with Crippen molar-refractivity contribution in [1.29, 1.82) is 0 Å². The average molecular weight is 365 g/mol. The van der Waals surface area contributed by atoms with E-state index in [0.717, 1.165) is 5.56 Å². The van der Waals surface area contributed by atoms with Crippen LogP contribution in [0.3, 0.4) is 0 Å². The highest BCUT2D eigenvalue weighted by molar-refractivity contribution is 7.60. The lowest BCUT2D eigenvalue weighted by molar-refractivity contribution is 0.493. The zero-order valence-corrected chi connectivity index (χ0v) is 14.5. The number of hydrogen-bond acceptors (Lipinski definition) is 2. The van der Waals surface area contributed by atoms with E-state index < -0.39 is 7.52 Å². The summed E-state index contributed by atoms with van der Waals surface area (Å²) < 4.78 is 18.1. The minimum absolute atomic E-state index is 0.300. The number of anilines is 1. The van der Waals surface area contributed by atoms with E-state index >= 15 is 0 Å². The third-order valence-corrected chi connectivity index (χ3v) is 4.65. The lowest BCUT2D eigenvalue weighted by Gasteiger charge is -2.19. The van der Waals surface area contributed by atoms with Gasteiger partial charge in [0.05, 0.1) is 5.02 Å². The van der Waals surface area contributed by atoms with Crippen molar-refractivity contribution in [3.8, 4) is 5.75 Å². The number of nitrogens with one attached hydrogen (secondary N) is 1. The molecule has 0 amide bonds. The highest BCUT2D eigenvalue weighted by atomic mass is 35.5. The van der Waals surface area contributed by atoms with Crippen molar-refractivity contribution in [3.63, 3.8) is 0 Å². The van der Waals surface area contributed by atoms with Crippen molar-refractivity contribution in [1.82, 2.24) is 0 Å². The quantitative estimate of drug-likeness (QED) is 0.650. The van der Waals surface area contributed by atoms with E-state index in [1.165, 1.54) is 12.7 Å². The highest BCUT2D eigenvalue weighted by Crippen LogP contribution is 2.46. The molecule has 0 unspecified atom stereocenters. The van der Waals surface area contributed by atoms with E-state index in [4.69, 9.17) is 39.3 Å². The zero-order chi connectivity index (χ0) is 15.6. The molecule has 7 heteroatoms. The molecule has 21 heavy (non-hydrogen) atoms. The predicted molar refractivity (Wildman–Crippen MR) is 90.4 cm³/mol. The van der Waals surface area contributed by atoms with Crippen molar-refractivity contribution in [2.45, 2.75) is 6.92 Å². The lowest BCUT2D eigenvalue weighted by Crippen LogP contribution is -2.03. The summed E-state index contributed by atoms with van der Waals surface area (Å²) in [5.41, 5.74) is 1.56. The van der Waals surface area contributed by atoms with Crippen LogP contribution >= 0.6 is 42.3 Å². The molecule has 0 heterocycles. The fraction of sp³-hybridized carbons (Fsp3) is 0.143. The van der Waals surface area contributed by atoms with E-state index in [2.05, 4.69) is 5.09 Å². The van der Waals surface area contributed by atoms with Crippen LogP contribution < -0.4 is 9.61 Å². The van der Waals surface area contributed by atoms with Crippen LogP contribution in [0.2, 0.25) is 15.1 Å². The first-order valence-corrected chi connectivity index (χ1v) is 9.24. The predicted octanol–water partition coefficient (Wildman–Crippen LogP) is 6.27. The first kappa shape index (κ1) is 16.5. The van der Waals surface area contributed by atoms with Crippen molar-refractivity contribution in [2.75, 3.05) is 11.8 Å². The van der Waals surface area contributed by atoms with E-state index in [1.807, 2.05) is 13.0 Å². The molecule has 0 aliphatic rings. The van der Waals surface area contributed by atoms with Gasteiger partial charge in [-0.05, 0) is 42.8 Å². The summed E-state index contributed by atoms with van der Waals surface area (Å²) in [4.78, 5) is 0. The molecule has 3 nitrogen and oxygen atoms in total. The standard InChI is InChI=1S/C14H13Cl3NO2P/c1-9-3-4-11(16)8-13(9)18-21(2,19)20-14-6-5-10(15)7-12(14)17/h3-8H,1-2H3,(H,18,19)/t21-/m1/s1. The Hall–Kier alpha value is -0.860. The van der Waals surface area contributed by atoms with Crippen LogP contribution in [0.25, 0.3) is 0 Å². The van der Waals surface area contributed by atoms with Gasteiger partial charge in [0.2, 0.25) is 0 Å². The maximum Gasteiger partial charge on any atom is 0.338 e. The largest absolute Gasteiger partial charge is 0.427 e. The maximum absolute atomic E-state index is 12.6. The van der Waals surface area contributed by atoms with Gasteiger partial charge in [-0.15, -0.1) is 0 Å². The molecule has 0 aliphatic carbocycles. The van der Waals surface area contributed by atoms with Gasteiger partial charge in [-0.3, -0.25) is 4.57 Å². The maximum atomic E-state index is 12.6. The number of benzene rings is 2. The molecule has 0 bridgehead atoms. The summed E-state index contributed by atoms with van der Waals surface area (Å²) in [5.74, 6) is 0.305. The Morgan fingerprint density at radius 1 is 1.05 bits per heavy atom. The minimum atomic E-state index is -3.16. The van der Waals surface area contributed by atoms with Gasteiger partial charge in [0.25, 0.3) is 0 Å². The molecule has 2 aromatic carbocycles. The van der Waals surface area contributed by atoms with Gasteiger partial charge in [-0.2, -0.15) is 0 Å². The molecular weight excluding hydrogens is 351 g/mol.